The molecule has 7 nitrogen and oxygen atoms in total. The van der Waals surface area contributed by atoms with Crippen LogP contribution < -0.4 is 4.74 Å². The Kier molecular flexibility index (Phi) is 8.40. The molecule has 1 aromatic rings. The molecule has 7 heteroatoms. The number of ether oxygens (including phenoxy) is 4. The third kappa shape index (κ3) is 4.90. The van der Waals surface area contributed by atoms with Crippen molar-refractivity contribution in [2.24, 2.45) is 5.92 Å². The lowest BCUT2D eigenvalue weighted by molar-refractivity contribution is -0.982. The van der Waals surface area contributed by atoms with Crippen molar-refractivity contribution in [1.82, 2.24) is 0 Å². The van der Waals surface area contributed by atoms with Crippen molar-refractivity contribution >= 4 is 12.6 Å². The standard InChI is InChI=1S/C23H32NO5.C3H8O/c1-4-27-22(26)29-18-9-8-17-13-21-19-7-5-6-10-23(19,20(17)14-18)11-12-24(21,3)16(2)28-15-25;1-3-4-2/h8-9,14-16,19,21H,4-7,10-13H2,1-3H3;3H2,1-2H3/q+1;/t16?,19?,21?,23-,24?;/m1./s1. The number of carbonyl (C=O) groups excluding carboxylic acids is 2. The van der Waals surface area contributed by atoms with Gasteiger partial charge in [0.1, 0.15) is 5.75 Å². The van der Waals surface area contributed by atoms with Gasteiger partial charge in [-0.3, -0.25) is 9.28 Å². The Bertz CT molecular complexity index is 827. The van der Waals surface area contributed by atoms with Gasteiger partial charge in [-0.15, -0.1) is 0 Å². The number of methoxy groups -OCH3 is 1. The molecule has 1 saturated carbocycles. The highest BCUT2D eigenvalue weighted by Gasteiger charge is 2.60. The molecule has 1 heterocycles. The second-order valence-corrected chi connectivity index (χ2v) is 9.61. The Balaban J connectivity index is 0.000000709. The zero-order valence-electron chi connectivity index (χ0n) is 20.8. The first-order chi connectivity index (χ1) is 15.9. The van der Waals surface area contributed by atoms with Crippen molar-refractivity contribution in [2.75, 3.05) is 33.9 Å². The lowest BCUT2D eigenvalue weighted by Gasteiger charge is -2.62. The number of fused-ring (bicyclic) bond motifs is 1. The van der Waals surface area contributed by atoms with Gasteiger partial charge >= 0.3 is 6.16 Å². The van der Waals surface area contributed by atoms with Crippen LogP contribution in [0.2, 0.25) is 0 Å². The third-order valence-corrected chi connectivity index (χ3v) is 8.24. The maximum absolute atomic E-state index is 11.8. The summed E-state index contributed by atoms with van der Waals surface area (Å²) in [5, 5.41) is 0. The lowest BCUT2D eigenvalue weighted by atomic mass is 9.52. The zero-order valence-corrected chi connectivity index (χ0v) is 20.8. The maximum Gasteiger partial charge on any atom is 0.513 e. The number of likely N-dealkylation sites (tertiary alicyclic amines) is 1. The van der Waals surface area contributed by atoms with E-state index in [2.05, 4.69) is 23.9 Å². The molecule has 1 aliphatic heterocycles. The molecule has 0 N–H and O–H groups in total. The number of rotatable bonds is 6. The second kappa shape index (κ2) is 10.9. The van der Waals surface area contributed by atoms with Crippen LogP contribution in [0.3, 0.4) is 0 Å². The van der Waals surface area contributed by atoms with Crippen LogP contribution in [-0.2, 0) is 30.8 Å². The molecule has 2 fully saturated rings. The van der Waals surface area contributed by atoms with E-state index in [1.54, 1.807) is 14.0 Å². The van der Waals surface area contributed by atoms with Gasteiger partial charge in [0.2, 0.25) is 6.23 Å². The molecular weight excluding hydrogens is 422 g/mol. The number of hydrogen-bond donors (Lipinski definition) is 0. The predicted molar refractivity (Wildman–Crippen MR) is 125 cm³/mol. The summed E-state index contributed by atoms with van der Waals surface area (Å²) in [6, 6.07) is 6.51. The first-order valence-corrected chi connectivity index (χ1v) is 12.3. The molecule has 0 aromatic heterocycles. The normalized spacial score (nSPS) is 30.5. The third-order valence-electron chi connectivity index (χ3n) is 8.24. The van der Waals surface area contributed by atoms with Crippen LogP contribution in [-0.4, -0.2) is 63.3 Å². The smallest absolute Gasteiger partial charge is 0.434 e. The van der Waals surface area contributed by atoms with Gasteiger partial charge in [-0.2, -0.15) is 0 Å². The van der Waals surface area contributed by atoms with E-state index in [4.69, 9.17) is 14.2 Å². The molecular formula is C26H40NO6+. The largest absolute Gasteiger partial charge is 0.513 e. The van der Waals surface area contributed by atoms with Crippen molar-refractivity contribution in [3.05, 3.63) is 29.3 Å². The van der Waals surface area contributed by atoms with Gasteiger partial charge in [-0.05, 0) is 49.9 Å². The monoisotopic (exact) mass is 462 g/mol. The van der Waals surface area contributed by atoms with Crippen LogP contribution in [0.15, 0.2) is 18.2 Å². The molecule has 0 radical (unpaired) electrons. The number of hydrogen-bond acceptors (Lipinski definition) is 6. The summed E-state index contributed by atoms with van der Waals surface area (Å²) >= 11 is 0. The molecule has 1 aromatic carbocycles. The minimum atomic E-state index is -0.647. The summed E-state index contributed by atoms with van der Waals surface area (Å²) in [4.78, 5) is 22.8. The molecule has 184 valence electrons. The van der Waals surface area contributed by atoms with Crippen LogP contribution in [0.25, 0.3) is 0 Å². The van der Waals surface area contributed by atoms with E-state index in [-0.39, 0.29) is 11.6 Å². The molecule has 0 spiro atoms. The average Bonchev–Trinajstić information content (AvgIpc) is 2.82. The minimum Gasteiger partial charge on any atom is -0.434 e. The van der Waals surface area contributed by atoms with Crippen LogP contribution in [0, 0.1) is 5.92 Å². The van der Waals surface area contributed by atoms with Crippen LogP contribution >= 0.6 is 0 Å². The van der Waals surface area contributed by atoms with Crippen molar-refractivity contribution in [1.29, 1.82) is 0 Å². The Morgan fingerprint density at radius 1 is 1.24 bits per heavy atom. The Morgan fingerprint density at radius 2 is 2.00 bits per heavy atom. The summed E-state index contributed by atoms with van der Waals surface area (Å²) in [6.07, 6.45) is 6.09. The minimum absolute atomic E-state index is 0.128. The Morgan fingerprint density at radius 3 is 2.67 bits per heavy atom. The number of carbonyl (C=O) groups is 2. The van der Waals surface area contributed by atoms with Crippen LogP contribution in [0.4, 0.5) is 4.79 Å². The Labute approximate surface area is 197 Å². The fourth-order valence-corrected chi connectivity index (χ4v) is 6.37. The number of benzene rings is 1. The van der Waals surface area contributed by atoms with Gasteiger partial charge < -0.3 is 18.9 Å². The molecule has 4 rings (SSSR count). The van der Waals surface area contributed by atoms with Gasteiger partial charge in [0.15, 0.2) is 0 Å². The van der Waals surface area contributed by atoms with Crippen molar-refractivity contribution in [2.45, 2.75) is 77.0 Å². The van der Waals surface area contributed by atoms with Gasteiger partial charge in [0, 0.05) is 44.8 Å². The molecule has 3 aliphatic rings. The van der Waals surface area contributed by atoms with Crippen molar-refractivity contribution in [3.63, 3.8) is 0 Å². The van der Waals surface area contributed by atoms with Crippen molar-refractivity contribution in [3.8, 4) is 5.75 Å². The number of nitrogens with zero attached hydrogens (tertiary/aromatic N) is 1. The van der Waals surface area contributed by atoms with E-state index in [0.29, 0.717) is 30.8 Å². The summed E-state index contributed by atoms with van der Waals surface area (Å²) in [6.45, 7) is 8.45. The Hall–Kier alpha value is -2.12. The molecule has 2 bridgehead atoms. The topological polar surface area (TPSA) is 71.1 Å². The van der Waals surface area contributed by atoms with E-state index >= 15 is 0 Å². The van der Waals surface area contributed by atoms with Crippen molar-refractivity contribution < 1.29 is 33.0 Å². The lowest BCUT2D eigenvalue weighted by Crippen LogP contribution is -2.71. The highest BCUT2D eigenvalue weighted by atomic mass is 16.7. The number of likely N-dealkylation sites (N-methyl/N-ethyl adjacent to an activating group) is 1. The maximum atomic E-state index is 11.8. The summed E-state index contributed by atoms with van der Waals surface area (Å²) < 4.78 is 21.1. The number of quaternary nitrogens is 1. The van der Waals surface area contributed by atoms with E-state index in [9.17, 15) is 9.59 Å². The number of piperidine rings is 1. The molecule has 1 saturated heterocycles. The molecule has 0 amide bonds. The predicted octanol–water partition coefficient (Wildman–Crippen LogP) is 4.60. The fourth-order valence-electron chi connectivity index (χ4n) is 6.37. The summed E-state index contributed by atoms with van der Waals surface area (Å²) in [7, 11) is 3.93. The van der Waals surface area contributed by atoms with Crippen LogP contribution in [0.5, 0.6) is 5.75 Å². The highest BCUT2D eigenvalue weighted by Crippen LogP contribution is 2.58. The SMILES string of the molecule is CCOC.CCOC(=O)Oc1ccc2c(c1)[C@@]13CCCCC1C(C2)[N+](C)(C(C)OC=O)CC3. The molecule has 5 atom stereocenters. The van der Waals surface area contributed by atoms with E-state index in [1.807, 2.05) is 19.9 Å². The van der Waals surface area contributed by atoms with Gasteiger partial charge in [0.25, 0.3) is 6.47 Å². The zero-order chi connectivity index (χ0) is 24.1. The second-order valence-electron chi connectivity index (χ2n) is 9.61. The van der Waals surface area contributed by atoms with E-state index < -0.39 is 6.16 Å². The van der Waals surface area contributed by atoms with E-state index in [0.717, 1.165) is 30.5 Å². The van der Waals surface area contributed by atoms with Crippen LogP contribution in [0.1, 0.15) is 64.0 Å². The van der Waals surface area contributed by atoms with Gasteiger partial charge in [-0.1, -0.05) is 18.9 Å². The highest BCUT2D eigenvalue weighted by molar-refractivity contribution is 5.64. The fraction of sp³-hybridized carbons (Fsp3) is 0.692. The van der Waals surface area contributed by atoms with Gasteiger partial charge in [0.05, 0.1) is 26.2 Å². The van der Waals surface area contributed by atoms with Gasteiger partial charge in [-0.25, -0.2) is 4.79 Å². The summed E-state index contributed by atoms with van der Waals surface area (Å²) in [5.74, 6) is 1.12. The average molecular weight is 463 g/mol. The molecule has 2 aliphatic carbocycles. The first-order valence-electron chi connectivity index (χ1n) is 12.3. The first kappa shape index (κ1) is 25.5. The molecule has 4 unspecified atom stereocenters. The summed E-state index contributed by atoms with van der Waals surface area (Å²) in [5.41, 5.74) is 2.82. The quantitative estimate of drug-likeness (QED) is 0.266. The molecule has 33 heavy (non-hydrogen) atoms. The van der Waals surface area contributed by atoms with E-state index in [1.165, 1.54) is 36.8 Å².